The molecule has 106 valence electrons. The van der Waals surface area contributed by atoms with E-state index in [9.17, 15) is 10.2 Å². The molecule has 2 aliphatic rings. The zero-order valence-electron chi connectivity index (χ0n) is 11.6. The van der Waals surface area contributed by atoms with Crippen molar-refractivity contribution in [3.63, 3.8) is 0 Å². The van der Waals surface area contributed by atoms with Crippen molar-refractivity contribution in [2.45, 2.75) is 70.3 Å². The number of rotatable bonds is 6. The second-order valence-electron chi connectivity index (χ2n) is 6.43. The first-order valence-corrected chi connectivity index (χ1v) is 7.21. The van der Waals surface area contributed by atoms with Gasteiger partial charge < -0.3 is 20.3 Å². The summed E-state index contributed by atoms with van der Waals surface area (Å²) in [5, 5.41) is 22.8. The highest BCUT2D eigenvalue weighted by Gasteiger charge is 2.46. The largest absolute Gasteiger partial charge is 0.392 e. The molecule has 0 spiro atoms. The quantitative estimate of drug-likeness (QED) is 0.666. The molecule has 2 fully saturated rings. The fourth-order valence-corrected chi connectivity index (χ4v) is 2.89. The molecule has 0 aromatic carbocycles. The van der Waals surface area contributed by atoms with Crippen molar-refractivity contribution < 1.29 is 14.9 Å². The third-order valence-corrected chi connectivity index (χ3v) is 4.64. The summed E-state index contributed by atoms with van der Waals surface area (Å²) in [6.07, 6.45) is 5.27. The van der Waals surface area contributed by atoms with Crippen LogP contribution in [0.15, 0.2) is 0 Å². The summed E-state index contributed by atoms with van der Waals surface area (Å²) in [6.45, 7) is 5.08. The molecule has 0 amide bonds. The molecular weight excluding hydrogens is 230 g/mol. The molecule has 3 atom stereocenters. The molecule has 2 saturated carbocycles. The Morgan fingerprint density at radius 3 is 2.56 bits per heavy atom. The van der Waals surface area contributed by atoms with E-state index in [0.29, 0.717) is 25.3 Å². The van der Waals surface area contributed by atoms with E-state index in [2.05, 4.69) is 19.2 Å². The van der Waals surface area contributed by atoms with Crippen molar-refractivity contribution in [2.24, 2.45) is 5.41 Å². The lowest BCUT2D eigenvalue weighted by atomic mass is 9.64. The predicted molar refractivity (Wildman–Crippen MR) is 70.4 cm³/mol. The maximum atomic E-state index is 9.86. The first-order valence-electron chi connectivity index (χ1n) is 7.21. The first kappa shape index (κ1) is 14.3. The molecule has 0 aliphatic heterocycles. The van der Waals surface area contributed by atoms with Crippen molar-refractivity contribution in [2.75, 3.05) is 13.2 Å². The average molecular weight is 257 g/mol. The molecule has 0 bridgehead atoms. The van der Waals surface area contributed by atoms with Gasteiger partial charge in [-0.15, -0.1) is 0 Å². The fourth-order valence-electron chi connectivity index (χ4n) is 2.89. The van der Waals surface area contributed by atoms with E-state index in [1.54, 1.807) is 0 Å². The van der Waals surface area contributed by atoms with Crippen LogP contribution in [0.25, 0.3) is 0 Å². The normalized spacial score (nSPS) is 33.3. The topological polar surface area (TPSA) is 61.7 Å². The van der Waals surface area contributed by atoms with Crippen molar-refractivity contribution >= 4 is 0 Å². The van der Waals surface area contributed by atoms with E-state index in [4.69, 9.17) is 4.74 Å². The van der Waals surface area contributed by atoms with Crippen LogP contribution in [0.3, 0.4) is 0 Å². The van der Waals surface area contributed by atoms with Gasteiger partial charge in [-0.2, -0.15) is 0 Å². The zero-order chi connectivity index (χ0) is 13.2. The molecule has 18 heavy (non-hydrogen) atoms. The predicted octanol–water partition coefficient (Wildman–Crippen LogP) is 1.06. The average Bonchev–Trinajstić information content (AvgIpc) is 2.84. The molecule has 0 aromatic rings. The van der Waals surface area contributed by atoms with Gasteiger partial charge in [0.25, 0.3) is 0 Å². The van der Waals surface area contributed by atoms with E-state index in [1.807, 2.05) is 0 Å². The Bertz CT molecular complexity index is 264. The molecular formula is C14H27NO3. The minimum atomic E-state index is -0.445. The number of aliphatic hydroxyl groups excluding tert-OH is 2. The number of aliphatic hydroxyl groups is 2. The van der Waals surface area contributed by atoms with Crippen LogP contribution in [0.1, 0.15) is 46.0 Å². The third kappa shape index (κ3) is 3.23. The minimum Gasteiger partial charge on any atom is -0.392 e. The second kappa shape index (κ2) is 5.87. The number of hydrogen-bond donors (Lipinski definition) is 3. The molecule has 0 aromatic heterocycles. The lowest BCUT2D eigenvalue weighted by molar-refractivity contribution is -0.0779. The molecule has 4 heteroatoms. The van der Waals surface area contributed by atoms with Gasteiger partial charge in [0.15, 0.2) is 0 Å². The molecule has 0 radical (unpaired) electrons. The number of ether oxygens (including phenoxy) is 1. The van der Waals surface area contributed by atoms with E-state index in [-0.39, 0.29) is 11.5 Å². The highest BCUT2D eigenvalue weighted by Crippen LogP contribution is 2.40. The van der Waals surface area contributed by atoms with Crippen molar-refractivity contribution in [1.82, 2.24) is 5.32 Å². The van der Waals surface area contributed by atoms with Crippen LogP contribution in [-0.4, -0.2) is 47.7 Å². The lowest BCUT2D eigenvalue weighted by Crippen LogP contribution is -2.61. The van der Waals surface area contributed by atoms with Gasteiger partial charge in [0, 0.05) is 18.0 Å². The van der Waals surface area contributed by atoms with E-state index < -0.39 is 6.10 Å². The van der Waals surface area contributed by atoms with Crippen LogP contribution in [0, 0.1) is 5.41 Å². The number of nitrogens with one attached hydrogen (secondary N) is 1. The minimum absolute atomic E-state index is 0.0774. The summed E-state index contributed by atoms with van der Waals surface area (Å²) in [4.78, 5) is 0. The van der Waals surface area contributed by atoms with Gasteiger partial charge in [0.05, 0.1) is 24.9 Å². The molecule has 4 nitrogen and oxygen atoms in total. The van der Waals surface area contributed by atoms with Gasteiger partial charge >= 0.3 is 0 Å². The molecule has 0 saturated heterocycles. The molecule has 2 rings (SSSR count). The Morgan fingerprint density at radius 2 is 2.00 bits per heavy atom. The summed E-state index contributed by atoms with van der Waals surface area (Å²) in [5.41, 5.74) is -0.0774. The fraction of sp³-hybridized carbons (Fsp3) is 1.00. The Labute approximate surface area is 110 Å². The van der Waals surface area contributed by atoms with Gasteiger partial charge in [-0.25, -0.2) is 0 Å². The van der Waals surface area contributed by atoms with Gasteiger partial charge in [0.2, 0.25) is 0 Å². The Balaban J connectivity index is 1.58. The van der Waals surface area contributed by atoms with E-state index >= 15 is 0 Å². The van der Waals surface area contributed by atoms with Gasteiger partial charge in [-0.1, -0.05) is 26.7 Å². The maximum Gasteiger partial charge on any atom is 0.0897 e. The van der Waals surface area contributed by atoms with Gasteiger partial charge in [-0.3, -0.25) is 0 Å². The van der Waals surface area contributed by atoms with Crippen LogP contribution in [0.2, 0.25) is 0 Å². The molecule has 3 N–H and O–H groups in total. The molecule has 2 aliphatic carbocycles. The SMILES string of the molecule is CC1(C)C(O)CC1NCC(O)COC1CCCC1. The van der Waals surface area contributed by atoms with Gasteiger partial charge in [0.1, 0.15) is 0 Å². The zero-order valence-corrected chi connectivity index (χ0v) is 11.6. The van der Waals surface area contributed by atoms with Crippen LogP contribution < -0.4 is 5.32 Å². The third-order valence-electron chi connectivity index (χ3n) is 4.64. The summed E-state index contributed by atoms with van der Waals surface area (Å²) < 4.78 is 5.68. The van der Waals surface area contributed by atoms with Crippen LogP contribution in [0.5, 0.6) is 0 Å². The van der Waals surface area contributed by atoms with Crippen LogP contribution in [-0.2, 0) is 4.74 Å². The van der Waals surface area contributed by atoms with Crippen molar-refractivity contribution in [1.29, 1.82) is 0 Å². The number of hydrogen-bond acceptors (Lipinski definition) is 4. The van der Waals surface area contributed by atoms with Gasteiger partial charge in [-0.05, 0) is 19.3 Å². The van der Waals surface area contributed by atoms with Crippen molar-refractivity contribution in [3.8, 4) is 0 Å². The van der Waals surface area contributed by atoms with E-state index in [0.717, 1.165) is 19.3 Å². The standard InChI is InChI=1S/C14H27NO3/c1-14(2)12(7-13(14)17)15-8-10(16)9-18-11-5-3-4-6-11/h10-13,15-17H,3-9H2,1-2H3. The van der Waals surface area contributed by atoms with Crippen LogP contribution in [0.4, 0.5) is 0 Å². The summed E-state index contributed by atoms with van der Waals surface area (Å²) in [6, 6.07) is 0.300. The lowest BCUT2D eigenvalue weighted by Gasteiger charge is -2.49. The second-order valence-corrected chi connectivity index (χ2v) is 6.43. The monoisotopic (exact) mass is 257 g/mol. The molecule has 0 heterocycles. The summed E-state index contributed by atoms with van der Waals surface area (Å²) in [7, 11) is 0. The molecule has 3 unspecified atom stereocenters. The van der Waals surface area contributed by atoms with Crippen LogP contribution >= 0.6 is 0 Å². The highest BCUT2D eigenvalue weighted by atomic mass is 16.5. The summed E-state index contributed by atoms with van der Waals surface area (Å²) >= 11 is 0. The van der Waals surface area contributed by atoms with Crippen molar-refractivity contribution in [3.05, 3.63) is 0 Å². The first-order chi connectivity index (χ1) is 8.50. The Kier molecular flexibility index (Phi) is 4.64. The summed E-state index contributed by atoms with van der Waals surface area (Å²) in [5.74, 6) is 0. The Hall–Kier alpha value is -0.160. The van der Waals surface area contributed by atoms with E-state index in [1.165, 1.54) is 12.8 Å². The maximum absolute atomic E-state index is 9.86. The smallest absolute Gasteiger partial charge is 0.0897 e. The highest BCUT2D eigenvalue weighted by molar-refractivity contribution is 5.01. The Morgan fingerprint density at radius 1 is 1.33 bits per heavy atom.